The van der Waals surface area contributed by atoms with E-state index in [1.165, 1.54) is 18.3 Å². The van der Waals surface area contributed by atoms with E-state index in [0.29, 0.717) is 17.3 Å². The molecule has 0 aliphatic heterocycles. The van der Waals surface area contributed by atoms with Crippen LogP contribution in [0.15, 0.2) is 28.9 Å². The van der Waals surface area contributed by atoms with Gasteiger partial charge < -0.3 is 4.42 Å². The Bertz CT molecular complexity index is 453. The number of hydrogen-bond acceptors (Lipinski definition) is 3. The van der Waals surface area contributed by atoms with Gasteiger partial charge in [0.05, 0.1) is 12.4 Å². The fraction of sp³-hybridized carbons (Fsp3) is 0.200. The summed E-state index contributed by atoms with van der Waals surface area (Å²) in [4.78, 5) is 7.85. The number of aromatic nitrogens is 2. The zero-order valence-electron chi connectivity index (χ0n) is 7.95. The van der Waals surface area contributed by atoms with Gasteiger partial charge in [-0.3, -0.25) is 0 Å². The summed E-state index contributed by atoms with van der Waals surface area (Å²) >= 11 is 5.79. The molecule has 15 heavy (non-hydrogen) atoms. The lowest BCUT2D eigenvalue weighted by atomic mass is 10.3. The van der Waals surface area contributed by atoms with Gasteiger partial charge in [0.15, 0.2) is 5.76 Å². The zero-order valence-corrected chi connectivity index (χ0v) is 8.70. The topological polar surface area (TPSA) is 38.9 Å². The SMILES string of the molecule is CC(Cl)c1ncc(-c2ccc(F)cn2)o1. The summed E-state index contributed by atoms with van der Waals surface area (Å²) in [5.74, 6) is 0.527. The molecule has 78 valence electrons. The quantitative estimate of drug-likeness (QED) is 0.739. The molecule has 2 aromatic rings. The van der Waals surface area contributed by atoms with E-state index in [2.05, 4.69) is 9.97 Å². The molecule has 0 radical (unpaired) electrons. The third-order valence-electron chi connectivity index (χ3n) is 1.84. The van der Waals surface area contributed by atoms with Crippen LogP contribution >= 0.6 is 11.6 Å². The van der Waals surface area contributed by atoms with Crippen LogP contribution in [0.3, 0.4) is 0 Å². The Morgan fingerprint density at radius 2 is 2.13 bits per heavy atom. The maximum Gasteiger partial charge on any atom is 0.212 e. The van der Waals surface area contributed by atoms with Crippen LogP contribution in [0.4, 0.5) is 4.39 Å². The van der Waals surface area contributed by atoms with Crippen LogP contribution < -0.4 is 0 Å². The Balaban J connectivity index is 2.33. The van der Waals surface area contributed by atoms with Crippen molar-refractivity contribution in [2.75, 3.05) is 0 Å². The second kappa shape index (κ2) is 3.98. The lowest BCUT2D eigenvalue weighted by molar-refractivity contribution is 0.506. The number of oxazole rings is 1. The standard InChI is InChI=1S/C10H8ClFN2O/c1-6(11)10-14-5-9(15-10)8-3-2-7(12)4-13-8/h2-6H,1H3. The Kier molecular flexibility index (Phi) is 2.68. The van der Waals surface area contributed by atoms with E-state index in [4.69, 9.17) is 16.0 Å². The van der Waals surface area contributed by atoms with E-state index in [0.717, 1.165) is 6.20 Å². The second-order valence-corrected chi connectivity index (χ2v) is 3.70. The molecule has 0 fully saturated rings. The molecular formula is C10H8ClFN2O. The average Bonchev–Trinajstić information content (AvgIpc) is 2.68. The molecule has 0 aliphatic rings. The van der Waals surface area contributed by atoms with Gasteiger partial charge in [-0.2, -0.15) is 0 Å². The van der Waals surface area contributed by atoms with Gasteiger partial charge in [0.25, 0.3) is 0 Å². The lowest BCUT2D eigenvalue weighted by Crippen LogP contribution is -1.82. The highest BCUT2D eigenvalue weighted by atomic mass is 35.5. The minimum atomic E-state index is -0.385. The first-order valence-electron chi connectivity index (χ1n) is 4.38. The predicted octanol–water partition coefficient (Wildman–Crippen LogP) is 3.18. The highest BCUT2D eigenvalue weighted by molar-refractivity contribution is 6.20. The van der Waals surface area contributed by atoms with Gasteiger partial charge in [0, 0.05) is 0 Å². The summed E-state index contributed by atoms with van der Waals surface area (Å²) < 4.78 is 17.9. The number of pyridine rings is 1. The van der Waals surface area contributed by atoms with Crippen LogP contribution in [0.1, 0.15) is 18.2 Å². The molecule has 0 saturated carbocycles. The molecule has 0 aliphatic carbocycles. The fourth-order valence-electron chi connectivity index (χ4n) is 1.11. The Labute approximate surface area is 90.9 Å². The van der Waals surface area contributed by atoms with Crippen LogP contribution in [-0.2, 0) is 0 Å². The molecule has 0 aromatic carbocycles. The first kappa shape index (κ1) is 10.1. The number of hydrogen-bond donors (Lipinski definition) is 0. The van der Waals surface area contributed by atoms with Crippen molar-refractivity contribution in [3.8, 4) is 11.5 Å². The van der Waals surface area contributed by atoms with Crippen molar-refractivity contribution >= 4 is 11.6 Å². The third kappa shape index (κ3) is 2.15. The maximum atomic E-state index is 12.6. The summed E-state index contributed by atoms with van der Waals surface area (Å²) in [5, 5.41) is -0.292. The molecule has 2 heterocycles. The van der Waals surface area contributed by atoms with Crippen LogP contribution in [-0.4, -0.2) is 9.97 Å². The normalized spacial score (nSPS) is 12.7. The van der Waals surface area contributed by atoms with Crippen molar-refractivity contribution in [1.29, 1.82) is 0 Å². The predicted molar refractivity (Wildman–Crippen MR) is 54.0 cm³/mol. The van der Waals surface area contributed by atoms with Gasteiger partial charge in [0.2, 0.25) is 5.89 Å². The molecular weight excluding hydrogens is 219 g/mol. The lowest BCUT2D eigenvalue weighted by Gasteiger charge is -1.96. The Morgan fingerprint density at radius 3 is 2.67 bits per heavy atom. The minimum absolute atomic E-state index is 0.292. The van der Waals surface area contributed by atoms with E-state index in [-0.39, 0.29) is 11.2 Å². The Hall–Kier alpha value is -1.42. The molecule has 1 unspecified atom stereocenters. The minimum Gasteiger partial charge on any atom is -0.437 e. The molecule has 3 nitrogen and oxygen atoms in total. The van der Waals surface area contributed by atoms with Gasteiger partial charge in [-0.15, -0.1) is 11.6 Å². The number of nitrogens with zero attached hydrogens (tertiary/aromatic N) is 2. The number of alkyl halides is 1. The molecule has 0 bridgehead atoms. The van der Waals surface area contributed by atoms with Crippen LogP contribution in [0.2, 0.25) is 0 Å². The maximum absolute atomic E-state index is 12.6. The first-order valence-corrected chi connectivity index (χ1v) is 4.82. The number of halogens is 2. The van der Waals surface area contributed by atoms with Crippen LogP contribution in [0.5, 0.6) is 0 Å². The fourth-order valence-corrected chi connectivity index (χ4v) is 1.21. The largest absolute Gasteiger partial charge is 0.437 e. The summed E-state index contributed by atoms with van der Waals surface area (Å²) in [6.45, 7) is 1.76. The van der Waals surface area contributed by atoms with E-state index in [1.54, 1.807) is 6.92 Å². The van der Waals surface area contributed by atoms with E-state index >= 15 is 0 Å². The number of rotatable bonds is 2. The van der Waals surface area contributed by atoms with Crippen molar-refractivity contribution in [3.05, 3.63) is 36.2 Å². The molecule has 0 N–H and O–H groups in total. The summed E-state index contributed by atoms with van der Waals surface area (Å²) in [5.41, 5.74) is 0.535. The van der Waals surface area contributed by atoms with E-state index < -0.39 is 0 Å². The highest BCUT2D eigenvalue weighted by Crippen LogP contribution is 2.24. The van der Waals surface area contributed by atoms with Gasteiger partial charge in [-0.1, -0.05) is 0 Å². The molecule has 0 saturated heterocycles. The average molecular weight is 227 g/mol. The van der Waals surface area contributed by atoms with Gasteiger partial charge >= 0.3 is 0 Å². The molecule has 2 aromatic heterocycles. The second-order valence-electron chi connectivity index (χ2n) is 3.04. The zero-order chi connectivity index (χ0) is 10.8. The Morgan fingerprint density at radius 1 is 1.33 bits per heavy atom. The van der Waals surface area contributed by atoms with Crippen LogP contribution in [0.25, 0.3) is 11.5 Å². The third-order valence-corrected chi connectivity index (χ3v) is 2.03. The monoisotopic (exact) mass is 226 g/mol. The van der Waals surface area contributed by atoms with Gasteiger partial charge in [-0.25, -0.2) is 14.4 Å². The molecule has 2 rings (SSSR count). The first-order chi connectivity index (χ1) is 7.16. The van der Waals surface area contributed by atoms with Crippen molar-refractivity contribution in [1.82, 2.24) is 9.97 Å². The molecule has 0 amide bonds. The highest BCUT2D eigenvalue weighted by Gasteiger charge is 2.11. The molecule has 0 spiro atoms. The summed E-state index contributed by atoms with van der Waals surface area (Å²) in [6, 6.07) is 2.84. The smallest absolute Gasteiger partial charge is 0.212 e. The van der Waals surface area contributed by atoms with Crippen molar-refractivity contribution in [3.63, 3.8) is 0 Å². The molecule has 5 heteroatoms. The van der Waals surface area contributed by atoms with Crippen molar-refractivity contribution in [2.45, 2.75) is 12.3 Å². The summed E-state index contributed by atoms with van der Waals surface area (Å²) in [7, 11) is 0. The van der Waals surface area contributed by atoms with Crippen molar-refractivity contribution in [2.24, 2.45) is 0 Å². The molecule has 1 atom stereocenters. The van der Waals surface area contributed by atoms with E-state index in [1.807, 2.05) is 0 Å². The van der Waals surface area contributed by atoms with E-state index in [9.17, 15) is 4.39 Å². The van der Waals surface area contributed by atoms with Crippen LogP contribution in [0, 0.1) is 5.82 Å². The van der Waals surface area contributed by atoms with Gasteiger partial charge in [0.1, 0.15) is 16.9 Å². The van der Waals surface area contributed by atoms with Crippen molar-refractivity contribution < 1.29 is 8.81 Å². The summed E-state index contributed by atoms with van der Waals surface area (Å²) in [6.07, 6.45) is 2.65. The van der Waals surface area contributed by atoms with Gasteiger partial charge in [-0.05, 0) is 19.1 Å².